The zero-order valence-electron chi connectivity index (χ0n) is 18.2. The van der Waals surface area contributed by atoms with Gasteiger partial charge in [0.15, 0.2) is 11.5 Å². The van der Waals surface area contributed by atoms with Crippen LogP contribution in [0, 0.1) is 6.92 Å². The van der Waals surface area contributed by atoms with Crippen LogP contribution in [0.3, 0.4) is 0 Å². The summed E-state index contributed by atoms with van der Waals surface area (Å²) in [6.07, 6.45) is 5.91. The maximum Gasteiger partial charge on any atom is 0.182 e. The number of aromatic amines is 1. The van der Waals surface area contributed by atoms with Crippen molar-refractivity contribution in [1.29, 1.82) is 0 Å². The van der Waals surface area contributed by atoms with Gasteiger partial charge in [-0.25, -0.2) is 15.1 Å². The molecule has 5 aromatic rings. The van der Waals surface area contributed by atoms with Gasteiger partial charge in [0.1, 0.15) is 11.3 Å². The molecule has 0 fully saturated rings. The molecule has 0 aliphatic rings. The highest BCUT2D eigenvalue weighted by molar-refractivity contribution is 9.10. The van der Waals surface area contributed by atoms with Crippen LogP contribution in [0.2, 0.25) is 0 Å². The van der Waals surface area contributed by atoms with E-state index in [1.54, 1.807) is 0 Å². The zero-order valence-corrected chi connectivity index (χ0v) is 19.8. The van der Waals surface area contributed by atoms with Gasteiger partial charge in [-0.2, -0.15) is 0 Å². The zero-order chi connectivity index (χ0) is 22.2. The smallest absolute Gasteiger partial charge is 0.182 e. The molecule has 5 rings (SSSR count). The number of benzene rings is 1. The van der Waals surface area contributed by atoms with Crippen LogP contribution < -0.4 is 0 Å². The van der Waals surface area contributed by atoms with E-state index >= 15 is 0 Å². The average Bonchev–Trinajstić information content (AvgIpc) is 3.50. The summed E-state index contributed by atoms with van der Waals surface area (Å²) in [5, 5.41) is 14.4. The molecule has 0 aliphatic carbocycles. The first-order valence-electron chi connectivity index (χ1n) is 10.6. The van der Waals surface area contributed by atoms with Gasteiger partial charge in [-0.05, 0) is 62.5 Å². The molecule has 0 amide bonds. The molecular formula is C23H23BrN8. The quantitative estimate of drug-likeness (QED) is 0.372. The van der Waals surface area contributed by atoms with Crippen molar-refractivity contribution in [3.8, 4) is 22.5 Å². The van der Waals surface area contributed by atoms with Crippen molar-refractivity contribution in [2.45, 2.75) is 33.2 Å². The van der Waals surface area contributed by atoms with Crippen LogP contribution in [0.1, 0.15) is 30.3 Å². The van der Waals surface area contributed by atoms with Crippen molar-refractivity contribution in [2.75, 3.05) is 0 Å². The molecule has 4 heterocycles. The summed E-state index contributed by atoms with van der Waals surface area (Å²) in [5.74, 6) is 1.72. The molecule has 1 N–H and O–H groups in total. The molecule has 0 atom stereocenters. The van der Waals surface area contributed by atoms with Gasteiger partial charge in [0.05, 0.1) is 16.7 Å². The number of fused-ring (bicyclic) bond motifs is 1. The maximum atomic E-state index is 4.89. The Hall–Kier alpha value is -3.33. The van der Waals surface area contributed by atoms with E-state index in [-0.39, 0.29) is 0 Å². The minimum Gasteiger partial charge on any atom is -0.344 e. The van der Waals surface area contributed by atoms with Gasteiger partial charge < -0.3 is 9.13 Å². The highest BCUT2D eigenvalue weighted by atomic mass is 79.9. The standard InChI is InChI=1S/C23H23BrN8/c1-4-5-18-26-20-14(2)10-11-25-23(20)32(18)12-15-6-8-16(9-7-15)17-13-31(3)21(24)19(17)22-27-29-30-28-22/h6-11,13H,4-5,12H2,1-3H3,(H,27,28,29,30). The molecule has 0 unspecified atom stereocenters. The van der Waals surface area contributed by atoms with E-state index in [9.17, 15) is 0 Å². The monoisotopic (exact) mass is 490 g/mol. The third-order valence-electron chi connectivity index (χ3n) is 5.68. The summed E-state index contributed by atoms with van der Waals surface area (Å²) in [6, 6.07) is 10.6. The van der Waals surface area contributed by atoms with Crippen molar-refractivity contribution in [1.82, 2.24) is 39.7 Å². The number of rotatable bonds is 6. The minimum atomic E-state index is 0.632. The normalized spacial score (nSPS) is 11.5. The van der Waals surface area contributed by atoms with E-state index in [0.717, 1.165) is 63.2 Å². The maximum absolute atomic E-state index is 4.89. The van der Waals surface area contributed by atoms with E-state index < -0.39 is 0 Å². The second kappa shape index (κ2) is 8.31. The lowest BCUT2D eigenvalue weighted by Crippen LogP contribution is -2.06. The van der Waals surface area contributed by atoms with Crippen molar-refractivity contribution in [3.05, 3.63) is 64.3 Å². The highest BCUT2D eigenvalue weighted by Gasteiger charge is 2.19. The number of hydrogen-bond acceptors (Lipinski definition) is 5. The predicted octanol–water partition coefficient (Wildman–Crippen LogP) is 4.69. The molecule has 0 aliphatic heterocycles. The Morgan fingerprint density at radius 3 is 2.66 bits per heavy atom. The van der Waals surface area contributed by atoms with Gasteiger partial charge in [-0.1, -0.05) is 31.2 Å². The lowest BCUT2D eigenvalue weighted by Gasteiger charge is -2.10. The molecule has 4 aromatic heterocycles. The molecule has 0 spiro atoms. The van der Waals surface area contributed by atoms with Crippen molar-refractivity contribution in [3.63, 3.8) is 0 Å². The summed E-state index contributed by atoms with van der Waals surface area (Å²) < 4.78 is 5.18. The van der Waals surface area contributed by atoms with Gasteiger partial charge >= 0.3 is 0 Å². The topological polar surface area (TPSA) is 90.1 Å². The summed E-state index contributed by atoms with van der Waals surface area (Å²) in [7, 11) is 1.99. The number of aryl methyl sites for hydroxylation is 3. The molecule has 32 heavy (non-hydrogen) atoms. The third kappa shape index (κ3) is 3.52. The molecule has 0 saturated heterocycles. The largest absolute Gasteiger partial charge is 0.344 e. The Labute approximate surface area is 193 Å². The van der Waals surface area contributed by atoms with Crippen LogP contribution in [0.25, 0.3) is 33.7 Å². The number of hydrogen-bond donors (Lipinski definition) is 1. The van der Waals surface area contributed by atoms with Crippen LogP contribution in [0.15, 0.2) is 47.3 Å². The first kappa shape index (κ1) is 20.6. The Morgan fingerprint density at radius 1 is 1.12 bits per heavy atom. The lowest BCUT2D eigenvalue weighted by atomic mass is 10.0. The van der Waals surface area contributed by atoms with Crippen LogP contribution in [-0.4, -0.2) is 39.7 Å². The first-order chi connectivity index (χ1) is 15.6. The van der Waals surface area contributed by atoms with Gasteiger partial charge in [-0.15, -0.1) is 5.10 Å². The van der Waals surface area contributed by atoms with Crippen LogP contribution in [0.5, 0.6) is 0 Å². The molecule has 1 aromatic carbocycles. The minimum absolute atomic E-state index is 0.632. The van der Waals surface area contributed by atoms with Gasteiger partial charge in [0, 0.05) is 31.4 Å². The first-order valence-corrected chi connectivity index (χ1v) is 11.3. The van der Waals surface area contributed by atoms with E-state index in [2.05, 4.69) is 90.4 Å². The van der Waals surface area contributed by atoms with Crippen LogP contribution in [-0.2, 0) is 20.0 Å². The summed E-state index contributed by atoms with van der Waals surface area (Å²) >= 11 is 3.66. The fourth-order valence-electron chi connectivity index (χ4n) is 4.05. The SMILES string of the molecule is CCCc1nc2c(C)ccnc2n1Cc1ccc(-c2cn(C)c(Br)c2-c2nnn[nH]2)cc1. The second-order valence-corrected chi connectivity index (χ2v) is 8.68. The van der Waals surface area contributed by atoms with Crippen LogP contribution in [0.4, 0.5) is 0 Å². The van der Waals surface area contributed by atoms with Crippen molar-refractivity contribution >= 4 is 27.1 Å². The Morgan fingerprint density at radius 2 is 1.94 bits per heavy atom. The Bertz CT molecular complexity index is 1380. The Balaban J connectivity index is 1.51. The number of nitrogens with one attached hydrogen (secondary N) is 1. The number of imidazole rings is 1. The number of nitrogens with zero attached hydrogens (tertiary/aromatic N) is 7. The van der Waals surface area contributed by atoms with Gasteiger partial charge in [0.25, 0.3) is 0 Å². The predicted molar refractivity (Wildman–Crippen MR) is 127 cm³/mol. The van der Waals surface area contributed by atoms with Crippen LogP contribution >= 0.6 is 15.9 Å². The molecule has 0 radical (unpaired) electrons. The molecule has 162 valence electrons. The second-order valence-electron chi connectivity index (χ2n) is 7.93. The van der Waals surface area contributed by atoms with Gasteiger partial charge in [-0.3, -0.25) is 0 Å². The molecular weight excluding hydrogens is 468 g/mol. The average molecular weight is 491 g/mol. The number of aromatic nitrogens is 8. The highest BCUT2D eigenvalue weighted by Crippen LogP contribution is 2.37. The third-order valence-corrected chi connectivity index (χ3v) is 6.64. The number of halogens is 1. The summed E-state index contributed by atoms with van der Waals surface area (Å²) in [5.41, 5.74) is 7.39. The fraction of sp³-hybridized carbons (Fsp3) is 0.261. The van der Waals surface area contributed by atoms with E-state index in [0.29, 0.717) is 5.82 Å². The summed E-state index contributed by atoms with van der Waals surface area (Å²) in [4.78, 5) is 9.52. The Kier molecular flexibility index (Phi) is 5.34. The lowest BCUT2D eigenvalue weighted by molar-refractivity contribution is 0.717. The molecule has 0 bridgehead atoms. The van der Waals surface area contributed by atoms with E-state index in [4.69, 9.17) is 4.98 Å². The van der Waals surface area contributed by atoms with Crippen molar-refractivity contribution < 1.29 is 0 Å². The number of pyridine rings is 1. The van der Waals surface area contributed by atoms with Gasteiger partial charge in [0.2, 0.25) is 0 Å². The fourth-order valence-corrected chi connectivity index (χ4v) is 4.55. The molecule has 9 heteroatoms. The molecule has 0 saturated carbocycles. The van der Waals surface area contributed by atoms with E-state index in [1.165, 1.54) is 5.56 Å². The number of tetrazole rings is 1. The summed E-state index contributed by atoms with van der Waals surface area (Å²) in [6.45, 7) is 5.00. The van der Waals surface area contributed by atoms with E-state index in [1.807, 2.05) is 23.9 Å². The number of H-pyrrole nitrogens is 1. The molecule has 8 nitrogen and oxygen atoms in total. The van der Waals surface area contributed by atoms with Crippen molar-refractivity contribution in [2.24, 2.45) is 7.05 Å².